The van der Waals surface area contributed by atoms with Gasteiger partial charge in [-0.25, -0.2) is 0 Å². The molecule has 6 heteroatoms. The van der Waals surface area contributed by atoms with Crippen LogP contribution in [0.15, 0.2) is 18.2 Å². The lowest BCUT2D eigenvalue weighted by Gasteiger charge is -2.25. The van der Waals surface area contributed by atoms with E-state index in [1.54, 1.807) is 12.1 Å². The zero-order chi connectivity index (χ0) is 15.7. The van der Waals surface area contributed by atoms with E-state index in [-0.39, 0.29) is 0 Å². The van der Waals surface area contributed by atoms with E-state index in [0.29, 0.717) is 50.8 Å². The Morgan fingerprint density at radius 1 is 1.14 bits per heavy atom. The number of nitrogens with two attached hydrogens (primary N) is 2. The first kappa shape index (κ1) is 17.3. The van der Waals surface area contributed by atoms with Crippen LogP contribution in [-0.4, -0.2) is 45.4 Å². The molecular formula is C15H25N3O3. The Hall–Kier alpha value is -1.79. The number of hydrogen-bond acceptors (Lipinski definition) is 5. The minimum Gasteiger partial charge on any atom is -0.398 e. The fraction of sp³-hybridized carbons (Fsp3) is 0.533. The average molecular weight is 295 g/mol. The Morgan fingerprint density at radius 3 is 2.19 bits per heavy atom. The maximum absolute atomic E-state index is 11.4. The van der Waals surface area contributed by atoms with Crippen molar-refractivity contribution in [2.75, 3.05) is 50.2 Å². The van der Waals surface area contributed by atoms with Crippen molar-refractivity contribution >= 4 is 17.3 Å². The second-order valence-corrected chi connectivity index (χ2v) is 4.52. The minimum absolute atomic E-state index is 0.338. The van der Waals surface area contributed by atoms with Gasteiger partial charge in [0.2, 0.25) is 0 Å². The van der Waals surface area contributed by atoms with Crippen molar-refractivity contribution in [1.29, 1.82) is 0 Å². The number of nitrogen functional groups attached to an aromatic ring is 1. The maximum atomic E-state index is 11.4. The molecule has 1 aromatic carbocycles. The van der Waals surface area contributed by atoms with E-state index in [1.165, 1.54) is 0 Å². The van der Waals surface area contributed by atoms with Crippen LogP contribution in [0.4, 0.5) is 11.4 Å². The van der Waals surface area contributed by atoms with Crippen LogP contribution in [0.25, 0.3) is 0 Å². The van der Waals surface area contributed by atoms with Crippen LogP contribution < -0.4 is 16.4 Å². The Bertz CT molecular complexity index is 442. The van der Waals surface area contributed by atoms with Gasteiger partial charge in [0.1, 0.15) is 0 Å². The summed E-state index contributed by atoms with van der Waals surface area (Å²) in [5.41, 5.74) is 12.7. The molecule has 0 unspecified atom stereocenters. The smallest absolute Gasteiger partial charge is 0.250 e. The number of primary amides is 1. The third kappa shape index (κ3) is 5.61. The summed E-state index contributed by atoms with van der Waals surface area (Å²) in [4.78, 5) is 13.5. The van der Waals surface area contributed by atoms with E-state index >= 15 is 0 Å². The molecule has 0 heterocycles. The van der Waals surface area contributed by atoms with Crippen molar-refractivity contribution in [2.24, 2.45) is 5.73 Å². The Kier molecular flexibility index (Phi) is 7.56. The zero-order valence-corrected chi connectivity index (χ0v) is 12.8. The van der Waals surface area contributed by atoms with Crippen molar-refractivity contribution in [3.05, 3.63) is 23.8 Å². The SMILES string of the molecule is CCOCCN(CCOCC)c1ccc(N)c(C(N)=O)c1. The standard InChI is InChI=1S/C15H25N3O3/c1-3-20-9-7-18(8-10-21-4-2)12-5-6-14(16)13(11-12)15(17)19/h5-6,11H,3-4,7-10,16H2,1-2H3,(H2,17,19). The third-order valence-electron chi connectivity index (χ3n) is 3.09. The quantitative estimate of drug-likeness (QED) is 0.501. The maximum Gasteiger partial charge on any atom is 0.250 e. The van der Waals surface area contributed by atoms with Gasteiger partial charge in [-0.1, -0.05) is 0 Å². The van der Waals surface area contributed by atoms with E-state index in [0.717, 1.165) is 5.69 Å². The molecule has 118 valence electrons. The van der Waals surface area contributed by atoms with Crippen molar-refractivity contribution in [3.8, 4) is 0 Å². The van der Waals surface area contributed by atoms with Gasteiger partial charge < -0.3 is 25.8 Å². The van der Waals surface area contributed by atoms with Crippen LogP contribution in [0.2, 0.25) is 0 Å². The highest BCUT2D eigenvalue weighted by Gasteiger charge is 2.11. The first-order valence-corrected chi connectivity index (χ1v) is 7.19. The molecule has 0 aliphatic carbocycles. The number of benzene rings is 1. The summed E-state index contributed by atoms with van der Waals surface area (Å²) in [6, 6.07) is 5.29. The van der Waals surface area contributed by atoms with Gasteiger partial charge in [0.15, 0.2) is 0 Å². The van der Waals surface area contributed by atoms with Crippen LogP contribution in [-0.2, 0) is 9.47 Å². The molecule has 0 saturated heterocycles. The number of anilines is 2. The van der Waals surface area contributed by atoms with Gasteiger partial charge in [0.25, 0.3) is 5.91 Å². The molecule has 0 atom stereocenters. The summed E-state index contributed by atoms with van der Waals surface area (Å²) < 4.78 is 10.8. The van der Waals surface area contributed by atoms with Gasteiger partial charge in [0, 0.05) is 37.7 Å². The molecule has 4 N–H and O–H groups in total. The lowest BCUT2D eigenvalue weighted by Crippen LogP contribution is -2.31. The summed E-state index contributed by atoms with van der Waals surface area (Å²) in [5.74, 6) is -0.524. The van der Waals surface area contributed by atoms with E-state index in [4.69, 9.17) is 20.9 Å². The normalized spacial score (nSPS) is 10.6. The number of nitrogens with zero attached hydrogens (tertiary/aromatic N) is 1. The van der Waals surface area contributed by atoms with Crippen LogP contribution in [0, 0.1) is 0 Å². The third-order valence-corrected chi connectivity index (χ3v) is 3.09. The highest BCUT2D eigenvalue weighted by molar-refractivity contribution is 5.99. The minimum atomic E-state index is -0.524. The molecule has 1 amide bonds. The van der Waals surface area contributed by atoms with Crippen LogP contribution in [0.3, 0.4) is 0 Å². The molecule has 6 nitrogen and oxygen atoms in total. The van der Waals surface area contributed by atoms with Gasteiger partial charge in [-0.15, -0.1) is 0 Å². The summed E-state index contributed by atoms with van der Waals surface area (Å²) in [5, 5.41) is 0. The molecule has 0 radical (unpaired) electrons. The average Bonchev–Trinajstić information content (AvgIpc) is 2.46. The zero-order valence-electron chi connectivity index (χ0n) is 12.8. The van der Waals surface area contributed by atoms with Crippen molar-refractivity contribution in [2.45, 2.75) is 13.8 Å². The van der Waals surface area contributed by atoms with Gasteiger partial charge in [0.05, 0.1) is 18.8 Å². The van der Waals surface area contributed by atoms with E-state index in [9.17, 15) is 4.79 Å². The Labute approximate surface area is 126 Å². The molecular weight excluding hydrogens is 270 g/mol. The molecule has 0 bridgehead atoms. The molecule has 0 spiro atoms. The number of ether oxygens (including phenoxy) is 2. The molecule has 0 aromatic heterocycles. The fourth-order valence-corrected chi connectivity index (χ4v) is 1.96. The first-order valence-electron chi connectivity index (χ1n) is 7.19. The van der Waals surface area contributed by atoms with Gasteiger partial charge in [-0.3, -0.25) is 4.79 Å². The van der Waals surface area contributed by atoms with Gasteiger partial charge >= 0.3 is 0 Å². The van der Waals surface area contributed by atoms with E-state index in [2.05, 4.69) is 4.90 Å². The first-order chi connectivity index (χ1) is 10.1. The van der Waals surface area contributed by atoms with Crippen molar-refractivity contribution < 1.29 is 14.3 Å². The molecule has 1 rings (SSSR count). The van der Waals surface area contributed by atoms with Crippen LogP contribution in [0.1, 0.15) is 24.2 Å². The predicted molar refractivity (Wildman–Crippen MR) is 84.6 cm³/mol. The van der Waals surface area contributed by atoms with Crippen molar-refractivity contribution in [1.82, 2.24) is 0 Å². The second kappa shape index (κ2) is 9.20. The second-order valence-electron chi connectivity index (χ2n) is 4.52. The number of rotatable bonds is 10. The monoisotopic (exact) mass is 295 g/mol. The van der Waals surface area contributed by atoms with Gasteiger partial charge in [-0.05, 0) is 32.0 Å². The van der Waals surface area contributed by atoms with Crippen molar-refractivity contribution in [3.63, 3.8) is 0 Å². The summed E-state index contributed by atoms with van der Waals surface area (Å²) in [7, 11) is 0. The molecule has 0 fully saturated rings. The Balaban J connectivity index is 2.84. The summed E-state index contributed by atoms with van der Waals surface area (Å²) in [6.07, 6.45) is 0. The van der Waals surface area contributed by atoms with Crippen LogP contribution in [0.5, 0.6) is 0 Å². The largest absolute Gasteiger partial charge is 0.398 e. The van der Waals surface area contributed by atoms with E-state index in [1.807, 2.05) is 19.9 Å². The number of amides is 1. The molecule has 21 heavy (non-hydrogen) atoms. The lowest BCUT2D eigenvalue weighted by molar-refractivity contribution is 0.100. The van der Waals surface area contributed by atoms with E-state index < -0.39 is 5.91 Å². The number of carbonyl (C=O) groups is 1. The topological polar surface area (TPSA) is 90.8 Å². The van der Waals surface area contributed by atoms with Gasteiger partial charge in [-0.2, -0.15) is 0 Å². The summed E-state index contributed by atoms with van der Waals surface area (Å²) >= 11 is 0. The van der Waals surface area contributed by atoms with Crippen LogP contribution >= 0.6 is 0 Å². The highest BCUT2D eigenvalue weighted by atomic mass is 16.5. The lowest BCUT2D eigenvalue weighted by atomic mass is 10.1. The number of carbonyl (C=O) groups excluding carboxylic acids is 1. The highest BCUT2D eigenvalue weighted by Crippen LogP contribution is 2.21. The number of hydrogen-bond donors (Lipinski definition) is 2. The molecule has 0 aliphatic rings. The molecule has 0 aliphatic heterocycles. The predicted octanol–water partition coefficient (Wildman–Crippen LogP) is 1.25. The molecule has 0 saturated carbocycles. The Morgan fingerprint density at radius 2 is 1.71 bits per heavy atom. The molecule has 1 aromatic rings. The fourth-order valence-electron chi connectivity index (χ4n) is 1.96. The summed E-state index contributed by atoms with van der Waals surface area (Å²) in [6.45, 7) is 7.91.